The summed E-state index contributed by atoms with van der Waals surface area (Å²) >= 11 is 1.84. The van der Waals surface area contributed by atoms with E-state index < -0.39 is 0 Å². The fraction of sp³-hybridized carbons (Fsp3) is 0.303. The van der Waals surface area contributed by atoms with E-state index in [9.17, 15) is 9.59 Å². The van der Waals surface area contributed by atoms with Crippen molar-refractivity contribution in [3.05, 3.63) is 89.5 Å². The van der Waals surface area contributed by atoms with Crippen molar-refractivity contribution in [3.63, 3.8) is 0 Å². The molecule has 6 nitrogen and oxygen atoms in total. The van der Waals surface area contributed by atoms with Gasteiger partial charge in [-0.25, -0.2) is 9.48 Å². The average Bonchev–Trinajstić information content (AvgIpc) is 3.37. The number of carbonyl (C=O) groups excluding carboxylic acids is 2. The molecule has 208 valence electrons. The second kappa shape index (κ2) is 11.7. The summed E-state index contributed by atoms with van der Waals surface area (Å²) < 4.78 is 6.78. The normalized spacial score (nSPS) is 11.5. The molecule has 0 aliphatic heterocycles. The predicted octanol–water partition coefficient (Wildman–Crippen LogP) is 7.49. The minimum atomic E-state index is -0.376. The van der Waals surface area contributed by atoms with Crippen LogP contribution in [0.25, 0.3) is 28.2 Å². The van der Waals surface area contributed by atoms with Gasteiger partial charge in [-0.1, -0.05) is 46.8 Å². The number of aromatic nitrogens is 2. The molecule has 1 aromatic heterocycles. The monoisotopic (exact) mass is 555 g/mol. The number of rotatable bonds is 7. The van der Waals surface area contributed by atoms with E-state index in [-0.39, 0.29) is 17.3 Å². The van der Waals surface area contributed by atoms with Crippen LogP contribution < -0.4 is 0 Å². The first-order valence-corrected chi connectivity index (χ1v) is 14.2. The lowest BCUT2D eigenvalue weighted by molar-refractivity contribution is 0.0600. The van der Waals surface area contributed by atoms with Crippen LogP contribution in [0.1, 0.15) is 60.9 Å². The molecule has 3 aromatic carbocycles. The molecule has 7 heteroatoms. The Morgan fingerprint density at radius 3 is 2.05 bits per heavy atom. The largest absolute Gasteiger partial charge is 0.465 e. The van der Waals surface area contributed by atoms with Crippen LogP contribution in [0.3, 0.4) is 0 Å². The summed E-state index contributed by atoms with van der Waals surface area (Å²) in [5, 5.41) is 5.46. The van der Waals surface area contributed by atoms with Crippen LogP contribution in [-0.2, 0) is 10.2 Å². The van der Waals surface area contributed by atoms with Crippen LogP contribution in [0.5, 0.6) is 0 Å². The molecule has 1 amide bonds. The molecule has 40 heavy (non-hydrogen) atoms. The Bertz CT molecular complexity index is 1510. The number of amides is 1. The number of ether oxygens (including phenoxy) is 1. The van der Waals surface area contributed by atoms with Crippen LogP contribution in [0, 0.1) is 0 Å². The molecule has 0 spiro atoms. The van der Waals surface area contributed by atoms with Gasteiger partial charge < -0.3 is 9.64 Å². The topological polar surface area (TPSA) is 64.4 Å². The van der Waals surface area contributed by atoms with Crippen molar-refractivity contribution in [2.45, 2.75) is 50.2 Å². The Labute approximate surface area is 241 Å². The van der Waals surface area contributed by atoms with Crippen molar-refractivity contribution in [2.75, 3.05) is 21.2 Å². The fourth-order valence-electron chi connectivity index (χ4n) is 4.34. The highest BCUT2D eigenvalue weighted by atomic mass is 32.2. The number of nitrogens with zero attached hydrogens (tertiary/aromatic N) is 3. The first kappa shape index (κ1) is 29.2. The zero-order valence-electron chi connectivity index (χ0n) is 24.5. The summed E-state index contributed by atoms with van der Waals surface area (Å²) in [4.78, 5) is 27.2. The summed E-state index contributed by atoms with van der Waals surface area (Å²) in [5.74, 6) is -0.425. The van der Waals surface area contributed by atoms with Gasteiger partial charge in [0.2, 0.25) is 0 Å². The maximum absolute atomic E-state index is 12.5. The van der Waals surface area contributed by atoms with E-state index in [1.807, 2.05) is 52.8 Å². The third kappa shape index (κ3) is 6.48. The van der Waals surface area contributed by atoms with E-state index in [2.05, 4.69) is 58.9 Å². The molecule has 0 saturated heterocycles. The molecule has 0 N–H and O–H groups in total. The summed E-state index contributed by atoms with van der Waals surface area (Å²) in [6, 6.07) is 23.6. The van der Waals surface area contributed by atoms with E-state index in [1.165, 1.54) is 17.6 Å². The number of benzene rings is 3. The Morgan fingerprint density at radius 2 is 1.50 bits per heavy atom. The Balaban J connectivity index is 1.89. The number of esters is 1. The lowest BCUT2D eigenvalue weighted by Gasteiger charge is -2.22. The lowest BCUT2D eigenvalue weighted by Crippen LogP contribution is -2.21. The third-order valence-electron chi connectivity index (χ3n) is 6.52. The summed E-state index contributed by atoms with van der Waals surface area (Å²) in [7, 11) is 4.86. The molecular formula is C33H37N3O3S. The minimum Gasteiger partial charge on any atom is -0.465 e. The molecule has 0 aliphatic carbocycles. The SMILES string of the molecule is COC(=O)c1ccc(-c2cc(-c3cc(SC(C)C)cc(C(C)(C)C)c3)n(-c3ccc(C(=O)N(C)C)cc3)n2)cc1. The van der Waals surface area contributed by atoms with E-state index in [4.69, 9.17) is 9.84 Å². The van der Waals surface area contributed by atoms with Crippen molar-refractivity contribution >= 4 is 23.6 Å². The van der Waals surface area contributed by atoms with E-state index in [0.29, 0.717) is 16.4 Å². The van der Waals surface area contributed by atoms with Crippen LogP contribution in [0.15, 0.2) is 77.7 Å². The molecule has 0 fully saturated rings. The number of methoxy groups -OCH3 is 1. The van der Waals surface area contributed by atoms with Gasteiger partial charge in [-0.05, 0) is 71.6 Å². The number of hydrogen-bond donors (Lipinski definition) is 0. The van der Waals surface area contributed by atoms with Crippen LogP contribution in [-0.4, -0.2) is 53.0 Å². The maximum Gasteiger partial charge on any atom is 0.337 e. The second-order valence-corrected chi connectivity index (χ2v) is 13.0. The van der Waals surface area contributed by atoms with Crippen molar-refractivity contribution < 1.29 is 14.3 Å². The summed E-state index contributed by atoms with van der Waals surface area (Å²) in [6.45, 7) is 11.1. The smallest absolute Gasteiger partial charge is 0.337 e. The van der Waals surface area contributed by atoms with Gasteiger partial charge in [0, 0.05) is 40.9 Å². The highest BCUT2D eigenvalue weighted by molar-refractivity contribution is 7.99. The van der Waals surface area contributed by atoms with Gasteiger partial charge in [0.1, 0.15) is 0 Å². The second-order valence-electron chi connectivity index (χ2n) is 11.3. The average molecular weight is 556 g/mol. The highest BCUT2D eigenvalue weighted by Gasteiger charge is 2.20. The fourth-order valence-corrected chi connectivity index (χ4v) is 5.28. The molecule has 0 atom stereocenters. The van der Waals surface area contributed by atoms with Gasteiger partial charge in [-0.2, -0.15) is 5.10 Å². The number of hydrogen-bond acceptors (Lipinski definition) is 5. The van der Waals surface area contributed by atoms with Crippen LogP contribution in [0.2, 0.25) is 0 Å². The van der Waals surface area contributed by atoms with Crippen molar-refractivity contribution in [1.82, 2.24) is 14.7 Å². The van der Waals surface area contributed by atoms with Crippen molar-refractivity contribution in [3.8, 4) is 28.2 Å². The predicted molar refractivity (Wildman–Crippen MR) is 163 cm³/mol. The first-order chi connectivity index (χ1) is 18.9. The molecule has 4 aromatic rings. The molecule has 0 radical (unpaired) electrons. The first-order valence-electron chi connectivity index (χ1n) is 13.3. The molecule has 0 bridgehead atoms. The standard InChI is InChI=1S/C33H37N3O3S/c1-21(2)40-28-18-25(17-26(19-28)33(3,4)5)30-20-29(22-9-11-24(12-10-22)32(38)39-8)34-36(30)27-15-13-23(14-16-27)31(37)35(6)7/h9-21H,1-8H3. The number of thioether (sulfide) groups is 1. The molecule has 0 unspecified atom stereocenters. The van der Waals surface area contributed by atoms with Crippen molar-refractivity contribution in [2.24, 2.45) is 0 Å². The van der Waals surface area contributed by atoms with Gasteiger partial charge >= 0.3 is 5.97 Å². The zero-order valence-corrected chi connectivity index (χ0v) is 25.3. The van der Waals surface area contributed by atoms with Gasteiger partial charge in [0.05, 0.1) is 29.7 Å². The molecular weight excluding hydrogens is 518 g/mol. The Hall–Kier alpha value is -3.84. The Kier molecular flexibility index (Phi) is 8.54. The lowest BCUT2D eigenvalue weighted by atomic mass is 9.86. The molecule has 1 heterocycles. The Morgan fingerprint density at radius 1 is 0.875 bits per heavy atom. The summed E-state index contributed by atoms with van der Waals surface area (Å²) in [6.07, 6.45) is 0. The van der Waals surface area contributed by atoms with E-state index in [1.54, 1.807) is 31.1 Å². The highest BCUT2D eigenvalue weighted by Crippen LogP contribution is 2.36. The quantitative estimate of drug-likeness (QED) is 0.175. The third-order valence-corrected chi connectivity index (χ3v) is 7.50. The maximum atomic E-state index is 12.5. The zero-order chi connectivity index (χ0) is 29.2. The molecule has 4 rings (SSSR count). The molecule has 0 saturated carbocycles. The van der Waals surface area contributed by atoms with E-state index >= 15 is 0 Å². The van der Waals surface area contributed by atoms with E-state index in [0.717, 1.165) is 28.2 Å². The van der Waals surface area contributed by atoms with Crippen LogP contribution in [0.4, 0.5) is 0 Å². The van der Waals surface area contributed by atoms with Gasteiger partial charge in [-0.3, -0.25) is 4.79 Å². The van der Waals surface area contributed by atoms with Crippen LogP contribution >= 0.6 is 11.8 Å². The van der Waals surface area contributed by atoms with Gasteiger partial charge in [0.15, 0.2) is 0 Å². The number of carbonyl (C=O) groups is 2. The summed E-state index contributed by atoms with van der Waals surface area (Å²) in [5.41, 5.74) is 6.83. The van der Waals surface area contributed by atoms with Gasteiger partial charge in [0.25, 0.3) is 5.91 Å². The molecule has 0 aliphatic rings. The van der Waals surface area contributed by atoms with Crippen molar-refractivity contribution in [1.29, 1.82) is 0 Å². The minimum absolute atomic E-state index is 0.0338. The van der Waals surface area contributed by atoms with Gasteiger partial charge in [-0.15, -0.1) is 11.8 Å².